The SMILES string of the molecule is CCCSc1ccccc1N1CCNCC1. The van der Waals surface area contributed by atoms with Gasteiger partial charge in [0.1, 0.15) is 0 Å². The molecule has 0 spiro atoms. The van der Waals surface area contributed by atoms with Crippen LogP contribution >= 0.6 is 11.8 Å². The Bertz CT molecular complexity index is 321. The van der Waals surface area contributed by atoms with Gasteiger partial charge in [0.05, 0.1) is 5.69 Å². The molecule has 2 rings (SSSR count). The minimum atomic E-state index is 1.10. The third-order valence-corrected chi connectivity index (χ3v) is 4.05. The predicted octanol–water partition coefficient (Wildman–Crippen LogP) is 2.60. The van der Waals surface area contributed by atoms with E-state index in [9.17, 15) is 0 Å². The van der Waals surface area contributed by atoms with Crippen LogP contribution in [0.3, 0.4) is 0 Å². The minimum Gasteiger partial charge on any atom is -0.368 e. The Kier molecular flexibility index (Phi) is 4.55. The van der Waals surface area contributed by atoms with E-state index in [2.05, 4.69) is 41.4 Å². The molecule has 0 atom stereocenters. The van der Waals surface area contributed by atoms with Gasteiger partial charge in [0.2, 0.25) is 0 Å². The molecule has 16 heavy (non-hydrogen) atoms. The molecule has 0 amide bonds. The Hall–Kier alpha value is -0.670. The molecular formula is C13H20N2S. The molecule has 1 aliphatic rings. The predicted molar refractivity (Wildman–Crippen MR) is 72.5 cm³/mol. The molecule has 1 aromatic rings. The molecule has 1 aliphatic heterocycles. The van der Waals surface area contributed by atoms with Gasteiger partial charge in [-0.3, -0.25) is 0 Å². The summed E-state index contributed by atoms with van der Waals surface area (Å²) in [6.45, 7) is 6.70. The van der Waals surface area contributed by atoms with E-state index in [1.807, 2.05) is 11.8 Å². The Morgan fingerprint density at radius 3 is 2.75 bits per heavy atom. The molecular weight excluding hydrogens is 216 g/mol. The first-order valence-corrected chi connectivity index (χ1v) is 7.08. The number of hydrogen-bond acceptors (Lipinski definition) is 3. The van der Waals surface area contributed by atoms with Crippen molar-refractivity contribution in [3.05, 3.63) is 24.3 Å². The van der Waals surface area contributed by atoms with Crippen molar-refractivity contribution in [1.29, 1.82) is 0 Å². The van der Waals surface area contributed by atoms with Crippen LogP contribution in [0.25, 0.3) is 0 Å². The summed E-state index contributed by atoms with van der Waals surface area (Å²) in [5, 5.41) is 3.40. The van der Waals surface area contributed by atoms with Gasteiger partial charge in [0.25, 0.3) is 0 Å². The van der Waals surface area contributed by atoms with Gasteiger partial charge in [-0.05, 0) is 24.3 Å². The van der Waals surface area contributed by atoms with Crippen molar-refractivity contribution in [3.8, 4) is 0 Å². The summed E-state index contributed by atoms with van der Waals surface area (Å²) < 4.78 is 0. The van der Waals surface area contributed by atoms with E-state index in [0.29, 0.717) is 0 Å². The van der Waals surface area contributed by atoms with Crippen molar-refractivity contribution in [2.75, 3.05) is 36.8 Å². The lowest BCUT2D eigenvalue weighted by Crippen LogP contribution is -2.43. The average molecular weight is 236 g/mol. The number of benzene rings is 1. The van der Waals surface area contributed by atoms with Crippen LogP contribution in [0.2, 0.25) is 0 Å². The molecule has 0 aliphatic carbocycles. The fourth-order valence-corrected chi connectivity index (χ4v) is 2.90. The summed E-state index contributed by atoms with van der Waals surface area (Å²) in [5.41, 5.74) is 1.42. The monoisotopic (exact) mass is 236 g/mol. The number of rotatable bonds is 4. The quantitative estimate of drug-likeness (QED) is 0.809. The smallest absolute Gasteiger partial charge is 0.0505 e. The van der Waals surface area contributed by atoms with E-state index >= 15 is 0 Å². The van der Waals surface area contributed by atoms with Gasteiger partial charge in [-0.1, -0.05) is 19.1 Å². The fourth-order valence-electron chi connectivity index (χ4n) is 1.96. The lowest BCUT2D eigenvalue weighted by atomic mass is 10.2. The summed E-state index contributed by atoms with van der Waals surface area (Å²) in [5.74, 6) is 1.21. The number of nitrogens with zero attached hydrogens (tertiary/aromatic N) is 1. The molecule has 0 radical (unpaired) electrons. The van der Waals surface area contributed by atoms with Crippen LogP contribution < -0.4 is 10.2 Å². The second kappa shape index (κ2) is 6.16. The second-order valence-electron chi connectivity index (χ2n) is 4.05. The highest BCUT2D eigenvalue weighted by atomic mass is 32.2. The molecule has 3 heteroatoms. The maximum absolute atomic E-state index is 3.40. The van der Waals surface area contributed by atoms with Crippen molar-refractivity contribution >= 4 is 17.4 Å². The third kappa shape index (κ3) is 2.92. The molecule has 2 nitrogen and oxygen atoms in total. The van der Waals surface area contributed by atoms with Gasteiger partial charge < -0.3 is 10.2 Å². The topological polar surface area (TPSA) is 15.3 Å². The van der Waals surface area contributed by atoms with Crippen LogP contribution in [0.4, 0.5) is 5.69 Å². The van der Waals surface area contributed by atoms with E-state index in [-0.39, 0.29) is 0 Å². The molecule has 0 saturated carbocycles. The highest BCUT2D eigenvalue weighted by molar-refractivity contribution is 7.99. The van der Waals surface area contributed by atoms with Crippen molar-refractivity contribution < 1.29 is 0 Å². The zero-order chi connectivity index (χ0) is 11.2. The van der Waals surface area contributed by atoms with E-state index in [4.69, 9.17) is 0 Å². The first-order valence-electron chi connectivity index (χ1n) is 6.09. The summed E-state index contributed by atoms with van der Waals surface area (Å²) >= 11 is 1.98. The molecule has 1 aromatic carbocycles. The number of para-hydroxylation sites is 1. The largest absolute Gasteiger partial charge is 0.368 e. The van der Waals surface area contributed by atoms with Crippen LogP contribution in [0.15, 0.2) is 29.2 Å². The number of hydrogen-bond donors (Lipinski definition) is 1. The van der Waals surface area contributed by atoms with Crippen LogP contribution in [-0.2, 0) is 0 Å². The average Bonchev–Trinajstić information content (AvgIpc) is 2.38. The van der Waals surface area contributed by atoms with Crippen molar-refractivity contribution in [2.24, 2.45) is 0 Å². The van der Waals surface area contributed by atoms with Crippen molar-refractivity contribution in [1.82, 2.24) is 5.32 Å². The first kappa shape index (κ1) is 11.8. The highest BCUT2D eigenvalue weighted by Crippen LogP contribution is 2.30. The fraction of sp³-hybridized carbons (Fsp3) is 0.538. The Balaban J connectivity index is 2.11. The number of thioether (sulfide) groups is 1. The third-order valence-electron chi connectivity index (χ3n) is 2.78. The standard InChI is InChI=1S/C13H20N2S/c1-2-11-16-13-6-4-3-5-12(13)15-9-7-14-8-10-15/h3-6,14H,2,7-11H2,1H3. The Morgan fingerprint density at radius 2 is 2.00 bits per heavy atom. The van der Waals surface area contributed by atoms with Crippen LogP contribution in [0.1, 0.15) is 13.3 Å². The van der Waals surface area contributed by atoms with Crippen molar-refractivity contribution in [2.45, 2.75) is 18.2 Å². The number of anilines is 1. The summed E-state index contributed by atoms with van der Waals surface area (Å²) in [4.78, 5) is 3.93. The minimum absolute atomic E-state index is 1.10. The molecule has 1 heterocycles. The molecule has 1 N–H and O–H groups in total. The van der Waals surface area contributed by atoms with Gasteiger partial charge >= 0.3 is 0 Å². The highest BCUT2D eigenvalue weighted by Gasteiger charge is 2.13. The molecule has 0 aromatic heterocycles. The van der Waals surface area contributed by atoms with Crippen LogP contribution in [-0.4, -0.2) is 31.9 Å². The van der Waals surface area contributed by atoms with Crippen molar-refractivity contribution in [3.63, 3.8) is 0 Å². The molecule has 1 fully saturated rings. The van der Waals surface area contributed by atoms with Gasteiger partial charge in [-0.25, -0.2) is 0 Å². The normalized spacial score (nSPS) is 16.4. The molecule has 0 unspecified atom stereocenters. The first-order chi connectivity index (χ1) is 7.92. The van der Waals surface area contributed by atoms with E-state index < -0.39 is 0 Å². The zero-order valence-electron chi connectivity index (χ0n) is 9.91. The number of piperazine rings is 1. The van der Waals surface area contributed by atoms with Gasteiger partial charge in [0, 0.05) is 31.1 Å². The van der Waals surface area contributed by atoms with E-state index in [0.717, 1.165) is 26.2 Å². The molecule has 0 bridgehead atoms. The van der Waals surface area contributed by atoms with E-state index in [1.54, 1.807) is 0 Å². The maximum atomic E-state index is 3.40. The Morgan fingerprint density at radius 1 is 1.25 bits per heavy atom. The summed E-state index contributed by atoms with van der Waals surface area (Å²) in [6, 6.07) is 8.79. The lowest BCUT2D eigenvalue weighted by molar-refractivity contribution is 0.587. The van der Waals surface area contributed by atoms with Crippen LogP contribution in [0, 0.1) is 0 Å². The van der Waals surface area contributed by atoms with Crippen LogP contribution in [0.5, 0.6) is 0 Å². The summed E-state index contributed by atoms with van der Waals surface area (Å²) in [6.07, 6.45) is 1.24. The van der Waals surface area contributed by atoms with E-state index in [1.165, 1.54) is 22.8 Å². The zero-order valence-corrected chi connectivity index (χ0v) is 10.7. The molecule has 88 valence electrons. The second-order valence-corrected chi connectivity index (χ2v) is 5.19. The van der Waals surface area contributed by atoms with Gasteiger partial charge in [-0.2, -0.15) is 0 Å². The van der Waals surface area contributed by atoms with Gasteiger partial charge in [-0.15, -0.1) is 11.8 Å². The number of nitrogens with one attached hydrogen (secondary N) is 1. The lowest BCUT2D eigenvalue weighted by Gasteiger charge is -2.30. The van der Waals surface area contributed by atoms with Gasteiger partial charge in [0.15, 0.2) is 0 Å². The maximum Gasteiger partial charge on any atom is 0.0505 e. The summed E-state index contributed by atoms with van der Waals surface area (Å²) in [7, 11) is 0. The Labute approximate surface area is 102 Å². The molecule has 1 saturated heterocycles.